The number of benzene rings is 2. The predicted octanol–water partition coefficient (Wildman–Crippen LogP) is 4.85. The normalized spacial score (nSPS) is 16.7. The Kier molecular flexibility index (Phi) is 3.52. The van der Waals surface area contributed by atoms with E-state index in [-0.39, 0.29) is 0 Å². The van der Waals surface area contributed by atoms with Gasteiger partial charge in [0, 0.05) is 28.6 Å². The Morgan fingerprint density at radius 2 is 1.92 bits per heavy atom. The molecule has 2 aromatic heterocycles. The lowest BCUT2D eigenvalue weighted by atomic mass is 9.95. The van der Waals surface area contributed by atoms with Gasteiger partial charge in [-0.25, -0.2) is 0 Å². The van der Waals surface area contributed by atoms with E-state index in [0.29, 0.717) is 11.8 Å². The van der Waals surface area contributed by atoms with E-state index in [1.807, 2.05) is 12.3 Å². The van der Waals surface area contributed by atoms with Crippen molar-refractivity contribution in [3.05, 3.63) is 59.1 Å². The van der Waals surface area contributed by atoms with E-state index in [0.717, 1.165) is 45.0 Å². The van der Waals surface area contributed by atoms with Gasteiger partial charge >= 0.3 is 0 Å². The molecule has 0 fully saturated rings. The zero-order valence-corrected chi connectivity index (χ0v) is 15.7. The Morgan fingerprint density at radius 3 is 2.77 bits per heavy atom. The molecule has 1 aliphatic rings. The molecule has 0 aliphatic heterocycles. The van der Waals surface area contributed by atoms with Gasteiger partial charge in [-0.1, -0.05) is 18.2 Å². The third-order valence-corrected chi connectivity index (χ3v) is 6.43. The molecule has 0 amide bonds. The summed E-state index contributed by atoms with van der Waals surface area (Å²) in [5.41, 5.74) is 5.71. The number of hydrogen-bond acceptors (Lipinski definition) is 4. The maximum absolute atomic E-state index is 10.7. The lowest BCUT2D eigenvalue weighted by molar-refractivity contribution is 0.303. The molecule has 4 aromatic rings. The SMILES string of the molecule is CN(C)C1Cc2ccc(-c3c(O)ccc4ncc5sccc5c34)cc2C1. The van der Waals surface area contributed by atoms with Crippen molar-refractivity contribution in [2.45, 2.75) is 18.9 Å². The maximum Gasteiger partial charge on any atom is 0.124 e. The summed E-state index contributed by atoms with van der Waals surface area (Å²) >= 11 is 1.69. The van der Waals surface area contributed by atoms with Crippen molar-refractivity contribution < 1.29 is 5.11 Å². The summed E-state index contributed by atoms with van der Waals surface area (Å²) in [6.45, 7) is 0. The first-order valence-corrected chi connectivity index (χ1v) is 9.76. The first kappa shape index (κ1) is 15.8. The molecule has 0 saturated carbocycles. The van der Waals surface area contributed by atoms with Crippen molar-refractivity contribution in [1.29, 1.82) is 0 Å². The second kappa shape index (κ2) is 5.79. The van der Waals surface area contributed by atoms with E-state index in [4.69, 9.17) is 0 Å². The molecule has 0 spiro atoms. The molecule has 26 heavy (non-hydrogen) atoms. The van der Waals surface area contributed by atoms with Gasteiger partial charge < -0.3 is 10.0 Å². The van der Waals surface area contributed by atoms with Gasteiger partial charge in [0.25, 0.3) is 0 Å². The van der Waals surface area contributed by atoms with Gasteiger partial charge in [0.05, 0.1) is 10.2 Å². The van der Waals surface area contributed by atoms with Crippen LogP contribution < -0.4 is 0 Å². The van der Waals surface area contributed by atoms with E-state index in [2.05, 4.69) is 53.6 Å². The van der Waals surface area contributed by atoms with Crippen molar-refractivity contribution in [2.24, 2.45) is 0 Å². The fraction of sp³-hybridized carbons (Fsp3) is 0.227. The first-order chi connectivity index (χ1) is 12.6. The topological polar surface area (TPSA) is 36.4 Å². The summed E-state index contributed by atoms with van der Waals surface area (Å²) in [5.74, 6) is 0.320. The highest BCUT2D eigenvalue weighted by Crippen LogP contribution is 2.41. The largest absolute Gasteiger partial charge is 0.507 e. The first-order valence-electron chi connectivity index (χ1n) is 8.88. The summed E-state index contributed by atoms with van der Waals surface area (Å²) in [6.07, 6.45) is 4.09. The van der Waals surface area contributed by atoms with E-state index in [1.165, 1.54) is 11.1 Å². The van der Waals surface area contributed by atoms with Crippen LogP contribution >= 0.6 is 11.3 Å². The van der Waals surface area contributed by atoms with E-state index < -0.39 is 0 Å². The fourth-order valence-electron chi connectivity index (χ4n) is 4.12. The molecule has 5 rings (SSSR count). The van der Waals surface area contributed by atoms with Crippen LogP contribution in [0.2, 0.25) is 0 Å². The zero-order valence-electron chi connectivity index (χ0n) is 14.9. The van der Waals surface area contributed by atoms with Gasteiger partial charge in [0.1, 0.15) is 5.75 Å². The van der Waals surface area contributed by atoms with Gasteiger partial charge in [-0.15, -0.1) is 11.3 Å². The van der Waals surface area contributed by atoms with Crippen molar-refractivity contribution in [3.63, 3.8) is 0 Å². The molecule has 0 radical (unpaired) electrons. The molecule has 0 saturated heterocycles. The number of aromatic nitrogens is 1. The number of rotatable bonds is 2. The minimum Gasteiger partial charge on any atom is -0.507 e. The van der Waals surface area contributed by atoms with Crippen LogP contribution in [0.15, 0.2) is 48.0 Å². The van der Waals surface area contributed by atoms with Crippen LogP contribution in [0.1, 0.15) is 11.1 Å². The molecule has 4 heteroatoms. The molecule has 2 aromatic carbocycles. The lowest BCUT2D eigenvalue weighted by Crippen LogP contribution is -2.27. The average Bonchev–Trinajstić information content (AvgIpc) is 3.27. The smallest absolute Gasteiger partial charge is 0.124 e. The maximum atomic E-state index is 10.7. The molecular weight excluding hydrogens is 340 g/mol. The van der Waals surface area contributed by atoms with Crippen LogP contribution in [0.3, 0.4) is 0 Å². The van der Waals surface area contributed by atoms with Crippen LogP contribution in [0.4, 0.5) is 0 Å². The van der Waals surface area contributed by atoms with Crippen molar-refractivity contribution in [3.8, 4) is 16.9 Å². The third-order valence-electron chi connectivity index (χ3n) is 5.58. The monoisotopic (exact) mass is 360 g/mol. The molecule has 1 N–H and O–H groups in total. The summed E-state index contributed by atoms with van der Waals surface area (Å²) < 4.78 is 1.15. The number of hydrogen-bond donors (Lipinski definition) is 1. The number of aromatic hydroxyl groups is 1. The number of pyridine rings is 1. The minimum atomic E-state index is 0.320. The van der Waals surface area contributed by atoms with Crippen LogP contribution in [0.25, 0.3) is 32.1 Å². The minimum absolute atomic E-state index is 0.320. The lowest BCUT2D eigenvalue weighted by Gasteiger charge is -2.17. The van der Waals surface area contributed by atoms with Gasteiger partial charge in [0.15, 0.2) is 0 Å². The molecule has 1 atom stereocenters. The number of likely N-dealkylation sites (N-methyl/N-ethyl adjacent to an activating group) is 1. The third kappa shape index (κ3) is 2.33. The van der Waals surface area contributed by atoms with Crippen LogP contribution in [0, 0.1) is 0 Å². The quantitative estimate of drug-likeness (QED) is 0.555. The Balaban J connectivity index is 1.74. The van der Waals surface area contributed by atoms with Gasteiger partial charge in [-0.3, -0.25) is 4.98 Å². The van der Waals surface area contributed by atoms with E-state index >= 15 is 0 Å². The number of nitrogens with zero attached hydrogens (tertiary/aromatic N) is 2. The van der Waals surface area contributed by atoms with Gasteiger partial charge in [-0.05, 0) is 67.2 Å². The molecule has 130 valence electrons. The number of thiophene rings is 1. The van der Waals surface area contributed by atoms with E-state index in [9.17, 15) is 5.11 Å². The summed E-state index contributed by atoms with van der Waals surface area (Å²) in [5, 5.41) is 15.0. The standard InChI is InChI=1S/C22H20N2OS/c1-24(2)16-10-13-3-4-14(9-15(13)11-16)21-19(25)6-5-18-22(21)17-7-8-26-20(17)12-23-18/h3-9,12,16,25H,10-11H2,1-2H3. The molecule has 2 heterocycles. The number of phenolic OH excluding ortho intramolecular Hbond substituents is 1. The average molecular weight is 360 g/mol. The van der Waals surface area contributed by atoms with Crippen LogP contribution in [-0.4, -0.2) is 35.1 Å². The molecule has 1 aliphatic carbocycles. The van der Waals surface area contributed by atoms with Crippen LogP contribution in [0.5, 0.6) is 5.75 Å². The second-order valence-corrected chi connectivity index (χ2v) is 8.27. The van der Waals surface area contributed by atoms with Crippen molar-refractivity contribution in [2.75, 3.05) is 14.1 Å². The zero-order chi connectivity index (χ0) is 17.8. The highest BCUT2D eigenvalue weighted by atomic mass is 32.1. The molecule has 1 unspecified atom stereocenters. The predicted molar refractivity (Wildman–Crippen MR) is 109 cm³/mol. The Morgan fingerprint density at radius 1 is 1.08 bits per heavy atom. The highest BCUT2D eigenvalue weighted by molar-refractivity contribution is 7.17. The summed E-state index contributed by atoms with van der Waals surface area (Å²) in [4.78, 5) is 6.91. The fourth-order valence-corrected chi connectivity index (χ4v) is 4.89. The van der Waals surface area contributed by atoms with Crippen LogP contribution in [-0.2, 0) is 12.8 Å². The van der Waals surface area contributed by atoms with Crippen molar-refractivity contribution in [1.82, 2.24) is 9.88 Å². The molecule has 0 bridgehead atoms. The number of phenols is 1. The molecular formula is C22H20N2OS. The van der Waals surface area contributed by atoms with Gasteiger partial charge in [-0.2, -0.15) is 0 Å². The Labute approximate surface area is 156 Å². The highest BCUT2D eigenvalue weighted by Gasteiger charge is 2.24. The molecule has 3 nitrogen and oxygen atoms in total. The summed E-state index contributed by atoms with van der Waals surface area (Å²) in [6, 6.07) is 13.0. The van der Waals surface area contributed by atoms with Crippen molar-refractivity contribution >= 4 is 32.3 Å². The Hall–Kier alpha value is -2.43. The number of fused-ring (bicyclic) bond motifs is 4. The summed E-state index contributed by atoms with van der Waals surface area (Å²) in [7, 11) is 4.29. The Bertz CT molecular complexity index is 1150. The van der Waals surface area contributed by atoms with E-state index in [1.54, 1.807) is 17.4 Å². The van der Waals surface area contributed by atoms with Gasteiger partial charge in [0.2, 0.25) is 0 Å². The second-order valence-electron chi connectivity index (χ2n) is 7.32.